The van der Waals surface area contributed by atoms with Crippen molar-refractivity contribution in [1.29, 1.82) is 0 Å². The maximum absolute atomic E-state index is 12.8. The van der Waals surface area contributed by atoms with Crippen molar-refractivity contribution in [2.75, 3.05) is 20.0 Å². The number of aromatic nitrogens is 2. The summed E-state index contributed by atoms with van der Waals surface area (Å²) in [6.07, 6.45) is 0. The number of methoxy groups -OCH3 is 2. The zero-order chi connectivity index (χ0) is 22.4. The van der Waals surface area contributed by atoms with E-state index >= 15 is 0 Å². The number of carbonyl (C=O) groups is 1. The number of aryl methyl sites for hydroxylation is 2. The Morgan fingerprint density at radius 2 is 1.32 bits per heavy atom. The van der Waals surface area contributed by atoms with Crippen LogP contribution in [-0.4, -0.2) is 35.8 Å². The zero-order valence-corrected chi connectivity index (χ0v) is 19.2. The molecule has 1 amide bonds. The Morgan fingerprint density at radius 1 is 0.871 bits per heavy atom. The molecule has 6 nitrogen and oxygen atoms in total. The minimum Gasteiger partial charge on any atom is -0.497 e. The van der Waals surface area contributed by atoms with Gasteiger partial charge in [-0.2, -0.15) is 0 Å². The average Bonchev–Trinajstić information content (AvgIpc) is 2.79. The van der Waals surface area contributed by atoms with Crippen molar-refractivity contribution in [3.63, 3.8) is 0 Å². The van der Waals surface area contributed by atoms with Crippen LogP contribution in [0.1, 0.15) is 34.1 Å². The van der Waals surface area contributed by atoms with Gasteiger partial charge in [0.2, 0.25) is 5.91 Å². The highest BCUT2D eigenvalue weighted by molar-refractivity contribution is 7.99. The molecule has 1 N–H and O–H groups in total. The molecule has 0 saturated heterocycles. The molecule has 0 unspecified atom stereocenters. The highest BCUT2D eigenvalue weighted by Crippen LogP contribution is 2.26. The Labute approximate surface area is 187 Å². The number of nitrogens with one attached hydrogen (secondary N) is 1. The smallest absolute Gasteiger partial charge is 0.231 e. The third-order valence-electron chi connectivity index (χ3n) is 5.15. The van der Waals surface area contributed by atoms with Crippen LogP contribution in [0.15, 0.2) is 53.7 Å². The van der Waals surface area contributed by atoms with Crippen molar-refractivity contribution in [2.24, 2.45) is 0 Å². The first-order valence-electron chi connectivity index (χ1n) is 9.93. The van der Waals surface area contributed by atoms with E-state index < -0.39 is 0 Å². The van der Waals surface area contributed by atoms with Gasteiger partial charge in [0.05, 0.1) is 26.0 Å². The number of thioether (sulfide) groups is 1. The Kier molecular flexibility index (Phi) is 7.52. The molecule has 0 aliphatic rings. The standard InChI is InChI=1S/C24H27N3O3S/c1-15-16(2)25-24(26-17(15)3)31-14-22(28)27-23(18-6-10-20(29-4)11-7-18)19-8-12-21(30-5)13-9-19/h6-13,23H,14H2,1-5H3,(H,27,28). The molecule has 0 aliphatic carbocycles. The molecule has 7 heteroatoms. The second-order valence-corrected chi connectivity index (χ2v) is 8.08. The highest BCUT2D eigenvalue weighted by atomic mass is 32.2. The zero-order valence-electron chi connectivity index (χ0n) is 18.4. The lowest BCUT2D eigenvalue weighted by Gasteiger charge is -2.20. The second kappa shape index (κ2) is 10.3. The van der Waals surface area contributed by atoms with E-state index in [9.17, 15) is 4.79 Å². The number of rotatable bonds is 8. The van der Waals surface area contributed by atoms with Gasteiger partial charge in [0.1, 0.15) is 11.5 Å². The summed E-state index contributed by atoms with van der Waals surface area (Å²) in [5, 5.41) is 3.75. The number of carbonyl (C=O) groups excluding carboxylic acids is 1. The summed E-state index contributed by atoms with van der Waals surface area (Å²) in [5.41, 5.74) is 4.87. The van der Waals surface area contributed by atoms with Gasteiger partial charge in [-0.05, 0) is 61.7 Å². The molecule has 0 aliphatic heterocycles. The van der Waals surface area contributed by atoms with E-state index in [1.807, 2.05) is 69.3 Å². The van der Waals surface area contributed by atoms with Crippen molar-refractivity contribution in [1.82, 2.24) is 15.3 Å². The van der Waals surface area contributed by atoms with Gasteiger partial charge in [-0.25, -0.2) is 9.97 Å². The summed E-state index contributed by atoms with van der Waals surface area (Å²) in [5.74, 6) is 1.66. The molecule has 0 spiro atoms. The number of nitrogens with zero attached hydrogens (tertiary/aromatic N) is 2. The molecule has 0 saturated carbocycles. The summed E-state index contributed by atoms with van der Waals surface area (Å²) in [4.78, 5) is 21.8. The normalized spacial score (nSPS) is 10.8. The third-order valence-corrected chi connectivity index (χ3v) is 6.00. The van der Waals surface area contributed by atoms with Gasteiger partial charge in [0.15, 0.2) is 5.16 Å². The Balaban J connectivity index is 1.77. The predicted molar refractivity (Wildman–Crippen MR) is 123 cm³/mol. The molecule has 31 heavy (non-hydrogen) atoms. The second-order valence-electron chi connectivity index (χ2n) is 7.14. The van der Waals surface area contributed by atoms with E-state index in [4.69, 9.17) is 9.47 Å². The van der Waals surface area contributed by atoms with E-state index in [0.29, 0.717) is 5.16 Å². The van der Waals surface area contributed by atoms with Gasteiger partial charge in [0, 0.05) is 11.4 Å². The van der Waals surface area contributed by atoms with Crippen LogP contribution in [0.4, 0.5) is 0 Å². The van der Waals surface area contributed by atoms with E-state index in [0.717, 1.165) is 39.6 Å². The fraction of sp³-hybridized carbons (Fsp3) is 0.292. The van der Waals surface area contributed by atoms with Crippen LogP contribution in [0, 0.1) is 20.8 Å². The Morgan fingerprint density at radius 3 is 1.74 bits per heavy atom. The summed E-state index contributed by atoms with van der Waals surface area (Å²) in [7, 11) is 3.26. The number of ether oxygens (including phenoxy) is 2. The fourth-order valence-electron chi connectivity index (χ4n) is 3.09. The number of hydrogen-bond acceptors (Lipinski definition) is 6. The number of amides is 1. The van der Waals surface area contributed by atoms with Crippen LogP contribution in [0.2, 0.25) is 0 Å². The lowest BCUT2D eigenvalue weighted by molar-refractivity contribution is -0.119. The van der Waals surface area contributed by atoms with Gasteiger partial charge in [-0.15, -0.1) is 0 Å². The highest BCUT2D eigenvalue weighted by Gasteiger charge is 2.18. The first-order valence-corrected chi connectivity index (χ1v) is 10.9. The first kappa shape index (κ1) is 22.6. The number of benzene rings is 2. The fourth-order valence-corrected chi connectivity index (χ4v) is 3.84. The summed E-state index contributed by atoms with van der Waals surface area (Å²) >= 11 is 1.34. The van der Waals surface area contributed by atoms with Gasteiger partial charge in [-0.3, -0.25) is 4.79 Å². The first-order chi connectivity index (χ1) is 14.9. The lowest BCUT2D eigenvalue weighted by atomic mass is 9.98. The third kappa shape index (κ3) is 5.76. The average molecular weight is 438 g/mol. The predicted octanol–water partition coefficient (Wildman–Crippen LogP) is 4.42. The van der Waals surface area contributed by atoms with Crippen molar-refractivity contribution >= 4 is 17.7 Å². The van der Waals surface area contributed by atoms with Crippen molar-refractivity contribution in [2.45, 2.75) is 32.0 Å². The molecular formula is C24H27N3O3S. The van der Waals surface area contributed by atoms with Crippen molar-refractivity contribution in [3.8, 4) is 11.5 Å². The molecule has 0 radical (unpaired) electrons. The minimum absolute atomic E-state index is 0.0962. The van der Waals surface area contributed by atoms with Crippen LogP contribution >= 0.6 is 11.8 Å². The molecule has 2 aromatic carbocycles. The van der Waals surface area contributed by atoms with Gasteiger partial charge in [0.25, 0.3) is 0 Å². The molecule has 3 aromatic rings. The van der Waals surface area contributed by atoms with Crippen LogP contribution < -0.4 is 14.8 Å². The van der Waals surface area contributed by atoms with E-state index in [-0.39, 0.29) is 17.7 Å². The quantitative estimate of drug-likeness (QED) is 0.415. The number of hydrogen-bond donors (Lipinski definition) is 1. The van der Waals surface area contributed by atoms with Crippen molar-refractivity contribution in [3.05, 3.63) is 76.6 Å². The molecule has 1 aromatic heterocycles. The lowest BCUT2D eigenvalue weighted by Crippen LogP contribution is -2.30. The molecule has 0 fully saturated rings. The van der Waals surface area contributed by atoms with Gasteiger partial charge in [-0.1, -0.05) is 36.0 Å². The van der Waals surface area contributed by atoms with E-state index in [1.165, 1.54) is 11.8 Å². The summed E-state index contributed by atoms with van der Waals surface area (Å²) in [6.45, 7) is 5.91. The van der Waals surface area contributed by atoms with Crippen LogP contribution in [0.25, 0.3) is 0 Å². The largest absolute Gasteiger partial charge is 0.497 e. The topological polar surface area (TPSA) is 73.3 Å². The maximum atomic E-state index is 12.8. The maximum Gasteiger partial charge on any atom is 0.231 e. The van der Waals surface area contributed by atoms with E-state index in [2.05, 4.69) is 15.3 Å². The molecule has 0 atom stereocenters. The van der Waals surface area contributed by atoms with Gasteiger partial charge >= 0.3 is 0 Å². The SMILES string of the molecule is COc1ccc(C(NC(=O)CSc2nc(C)c(C)c(C)n2)c2ccc(OC)cc2)cc1. The summed E-state index contributed by atoms with van der Waals surface area (Å²) in [6, 6.07) is 15.1. The van der Waals surface area contributed by atoms with Crippen LogP contribution in [0.3, 0.4) is 0 Å². The van der Waals surface area contributed by atoms with E-state index in [1.54, 1.807) is 14.2 Å². The monoisotopic (exact) mass is 437 g/mol. The molecule has 1 heterocycles. The van der Waals surface area contributed by atoms with Crippen molar-refractivity contribution < 1.29 is 14.3 Å². The molecule has 162 valence electrons. The Hall–Kier alpha value is -3.06. The molecule has 0 bridgehead atoms. The van der Waals surface area contributed by atoms with Crippen LogP contribution in [-0.2, 0) is 4.79 Å². The van der Waals surface area contributed by atoms with Crippen LogP contribution in [0.5, 0.6) is 11.5 Å². The Bertz CT molecular complexity index is 966. The summed E-state index contributed by atoms with van der Waals surface area (Å²) < 4.78 is 10.5. The van der Waals surface area contributed by atoms with Gasteiger partial charge < -0.3 is 14.8 Å². The minimum atomic E-state index is -0.299. The molecule has 3 rings (SSSR count). The molecular weight excluding hydrogens is 410 g/mol.